The standard InChI is InChI=1S/C17H29NO2/c1-6-18-17(12-20-15(5)11-19-7-2)16-10-13(3)8-9-14(16)4/h8-10,15,17-18H,6-7,11-12H2,1-5H3. The zero-order chi connectivity index (χ0) is 15.0. The average molecular weight is 279 g/mol. The summed E-state index contributed by atoms with van der Waals surface area (Å²) in [5.41, 5.74) is 3.92. The Balaban J connectivity index is 2.66. The first kappa shape index (κ1) is 17.2. The van der Waals surface area contributed by atoms with Crippen molar-refractivity contribution in [2.45, 2.75) is 46.8 Å². The van der Waals surface area contributed by atoms with Gasteiger partial charge in [-0.05, 0) is 45.4 Å². The lowest BCUT2D eigenvalue weighted by molar-refractivity contribution is -0.0115. The largest absolute Gasteiger partial charge is 0.379 e. The Kier molecular flexibility index (Phi) is 7.82. The smallest absolute Gasteiger partial charge is 0.0781 e. The van der Waals surface area contributed by atoms with Gasteiger partial charge in [0.05, 0.1) is 25.4 Å². The molecule has 0 aromatic heterocycles. The van der Waals surface area contributed by atoms with Crippen molar-refractivity contribution in [3.63, 3.8) is 0 Å². The number of hydrogen-bond donors (Lipinski definition) is 1. The maximum Gasteiger partial charge on any atom is 0.0781 e. The minimum absolute atomic E-state index is 0.126. The molecule has 2 unspecified atom stereocenters. The monoisotopic (exact) mass is 279 g/mol. The summed E-state index contributed by atoms with van der Waals surface area (Å²) in [7, 11) is 0. The van der Waals surface area contributed by atoms with Crippen LogP contribution < -0.4 is 5.32 Å². The van der Waals surface area contributed by atoms with Crippen LogP contribution in [-0.2, 0) is 9.47 Å². The van der Waals surface area contributed by atoms with Crippen LogP contribution in [0.1, 0.15) is 43.5 Å². The van der Waals surface area contributed by atoms with Crippen molar-refractivity contribution in [2.75, 3.05) is 26.4 Å². The van der Waals surface area contributed by atoms with Gasteiger partial charge in [-0.15, -0.1) is 0 Å². The van der Waals surface area contributed by atoms with Crippen molar-refractivity contribution < 1.29 is 9.47 Å². The van der Waals surface area contributed by atoms with Crippen molar-refractivity contribution in [2.24, 2.45) is 0 Å². The molecular formula is C17H29NO2. The highest BCUT2D eigenvalue weighted by molar-refractivity contribution is 5.33. The van der Waals surface area contributed by atoms with Gasteiger partial charge in [0.25, 0.3) is 0 Å². The van der Waals surface area contributed by atoms with Crippen LogP contribution in [0.4, 0.5) is 0 Å². The second-order valence-electron chi connectivity index (χ2n) is 5.27. The molecule has 1 aromatic carbocycles. The molecule has 1 aromatic rings. The van der Waals surface area contributed by atoms with Crippen molar-refractivity contribution >= 4 is 0 Å². The molecule has 0 fully saturated rings. The summed E-state index contributed by atoms with van der Waals surface area (Å²) in [6, 6.07) is 6.82. The summed E-state index contributed by atoms with van der Waals surface area (Å²) in [6.45, 7) is 13.5. The van der Waals surface area contributed by atoms with Gasteiger partial charge in [-0.2, -0.15) is 0 Å². The number of nitrogens with one attached hydrogen (secondary N) is 1. The molecule has 114 valence electrons. The Hall–Kier alpha value is -0.900. The summed E-state index contributed by atoms with van der Waals surface area (Å²) < 4.78 is 11.3. The predicted molar refractivity (Wildman–Crippen MR) is 84.2 cm³/mol. The Labute approximate surface area is 123 Å². The number of aryl methyl sites for hydroxylation is 2. The molecule has 2 atom stereocenters. The molecule has 3 nitrogen and oxygen atoms in total. The van der Waals surface area contributed by atoms with Gasteiger partial charge in [-0.25, -0.2) is 0 Å². The molecule has 0 amide bonds. The molecule has 0 bridgehead atoms. The van der Waals surface area contributed by atoms with E-state index in [1.807, 2.05) is 6.92 Å². The van der Waals surface area contributed by atoms with Gasteiger partial charge in [0.15, 0.2) is 0 Å². The fourth-order valence-corrected chi connectivity index (χ4v) is 2.23. The van der Waals surface area contributed by atoms with Crippen molar-refractivity contribution in [1.82, 2.24) is 5.32 Å². The lowest BCUT2D eigenvalue weighted by atomic mass is 9.99. The van der Waals surface area contributed by atoms with Crippen molar-refractivity contribution in [1.29, 1.82) is 0 Å². The SMILES string of the molecule is CCNC(COC(C)COCC)c1cc(C)ccc1C. The number of ether oxygens (including phenoxy) is 2. The van der Waals surface area contributed by atoms with E-state index in [1.54, 1.807) is 0 Å². The van der Waals surface area contributed by atoms with E-state index in [4.69, 9.17) is 9.47 Å². The van der Waals surface area contributed by atoms with Crippen LogP contribution in [0.15, 0.2) is 18.2 Å². The topological polar surface area (TPSA) is 30.5 Å². The highest BCUT2D eigenvalue weighted by Crippen LogP contribution is 2.20. The molecule has 3 heteroatoms. The van der Waals surface area contributed by atoms with E-state index >= 15 is 0 Å². The number of benzene rings is 1. The van der Waals surface area contributed by atoms with E-state index < -0.39 is 0 Å². The minimum Gasteiger partial charge on any atom is -0.379 e. The van der Waals surface area contributed by atoms with Gasteiger partial charge in [-0.3, -0.25) is 0 Å². The molecular weight excluding hydrogens is 250 g/mol. The summed E-state index contributed by atoms with van der Waals surface area (Å²) in [4.78, 5) is 0. The Morgan fingerprint density at radius 1 is 1.15 bits per heavy atom. The predicted octanol–water partition coefficient (Wildman–Crippen LogP) is 3.40. The second-order valence-corrected chi connectivity index (χ2v) is 5.27. The quantitative estimate of drug-likeness (QED) is 0.751. The highest BCUT2D eigenvalue weighted by Gasteiger charge is 2.15. The van der Waals surface area contributed by atoms with Crippen LogP contribution in [-0.4, -0.2) is 32.5 Å². The third-order valence-corrected chi connectivity index (χ3v) is 3.36. The van der Waals surface area contributed by atoms with E-state index in [-0.39, 0.29) is 12.1 Å². The molecule has 0 saturated carbocycles. The van der Waals surface area contributed by atoms with Crippen molar-refractivity contribution in [3.8, 4) is 0 Å². The van der Waals surface area contributed by atoms with Crippen molar-refractivity contribution in [3.05, 3.63) is 34.9 Å². The summed E-state index contributed by atoms with van der Waals surface area (Å²) in [5, 5.41) is 3.51. The molecule has 0 aliphatic carbocycles. The fourth-order valence-electron chi connectivity index (χ4n) is 2.23. The molecule has 0 spiro atoms. The first-order chi connectivity index (χ1) is 9.58. The van der Waals surface area contributed by atoms with E-state index in [9.17, 15) is 0 Å². The lowest BCUT2D eigenvalue weighted by Gasteiger charge is -2.23. The number of likely N-dealkylation sites (N-methyl/N-ethyl adjacent to an activating group) is 1. The number of rotatable bonds is 9. The molecule has 0 aliphatic rings. The maximum absolute atomic E-state index is 5.92. The molecule has 1 rings (SSSR count). The van der Waals surface area contributed by atoms with E-state index in [0.29, 0.717) is 13.2 Å². The zero-order valence-corrected chi connectivity index (χ0v) is 13.5. The fraction of sp³-hybridized carbons (Fsp3) is 0.647. The first-order valence-corrected chi connectivity index (χ1v) is 7.58. The van der Waals surface area contributed by atoms with E-state index in [0.717, 1.165) is 13.2 Å². The number of hydrogen-bond acceptors (Lipinski definition) is 3. The summed E-state index contributed by atoms with van der Waals surface area (Å²) in [6.07, 6.45) is 0.126. The second kappa shape index (κ2) is 9.11. The van der Waals surface area contributed by atoms with Gasteiger partial charge in [0.2, 0.25) is 0 Å². The highest BCUT2D eigenvalue weighted by atomic mass is 16.5. The normalized spacial score (nSPS) is 14.2. The Morgan fingerprint density at radius 3 is 2.55 bits per heavy atom. The molecule has 20 heavy (non-hydrogen) atoms. The molecule has 1 N–H and O–H groups in total. The van der Waals surface area contributed by atoms with Gasteiger partial charge in [-0.1, -0.05) is 30.7 Å². The lowest BCUT2D eigenvalue weighted by Crippen LogP contribution is -2.29. The van der Waals surface area contributed by atoms with E-state index in [1.165, 1.54) is 16.7 Å². The Morgan fingerprint density at radius 2 is 1.90 bits per heavy atom. The summed E-state index contributed by atoms with van der Waals surface area (Å²) >= 11 is 0. The molecule has 0 aliphatic heterocycles. The molecule has 0 heterocycles. The third-order valence-electron chi connectivity index (χ3n) is 3.36. The maximum atomic E-state index is 5.92. The van der Waals surface area contributed by atoms with Crippen LogP contribution >= 0.6 is 0 Å². The third kappa shape index (κ3) is 5.61. The molecule has 0 saturated heterocycles. The van der Waals surface area contributed by atoms with Crippen LogP contribution in [0.3, 0.4) is 0 Å². The van der Waals surface area contributed by atoms with Gasteiger partial charge in [0, 0.05) is 6.61 Å². The van der Waals surface area contributed by atoms with Gasteiger partial charge >= 0.3 is 0 Å². The summed E-state index contributed by atoms with van der Waals surface area (Å²) in [5.74, 6) is 0. The average Bonchev–Trinajstić information content (AvgIpc) is 2.44. The van der Waals surface area contributed by atoms with Gasteiger partial charge in [0.1, 0.15) is 0 Å². The van der Waals surface area contributed by atoms with Gasteiger partial charge < -0.3 is 14.8 Å². The van der Waals surface area contributed by atoms with E-state index in [2.05, 4.69) is 51.2 Å². The Bertz CT molecular complexity index is 393. The first-order valence-electron chi connectivity index (χ1n) is 7.58. The zero-order valence-electron chi connectivity index (χ0n) is 13.5. The van der Waals surface area contributed by atoms with Crippen LogP contribution in [0.25, 0.3) is 0 Å². The van der Waals surface area contributed by atoms with Crippen LogP contribution in [0.5, 0.6) is 0 Å². The van der Waals surface area contributed by atoms with Crippen LogP contribution in [0.2, 0.25) is 0 Å². The molecule has 0 radical (unpaired) electrons. The minimum atomic E-state index is 0.126. The van der Waals surface area contributed by atoms with Crippen LogP contribution in [0, 0.1) is 13.8 Å².